The molecule has 9 aromatic carbocycles. The maximum Gasteiger partial charge on any atom is 0.155 e. The third kappa shape index (κ3) is 27.6. The first kappa shape index (κ1) is 79.7. The molecule has 0 aliphatic rings. The Morgan fingerprint density at radius 2 is 0.596 bits per heavy atom. The number of carbonyl (C=O) groups is 2. The minimum Gasteiger partial charge on any atom is -0.512 e. The van der Waals surface area contributed by atoms with Gasteiger partial charge in [0, 0.05) is 111 Å². The third-order valence-electron chi connectivity index (χ3n) is 13.2. The van der Waals surface area contributed by atoms with Gasteiger partial charge in [-0.1, -0.05) is 161 Å². The number of ketones is 2. The number of nitrogens with zero attached hydrogens (tertiary/aromatic N) is 3. The molecule has 7 nitrogen and oxygen atoms in total. The van der Waals surface area contributed by atoms with Crippen LogP contribution in [0.25, 0.3) is 89.4 Å². The Hall–Kier alpha value is -8.55. The minimum atomic E-state index is -0.125. The van der Waals surface area contributed by atoms with Crippen LogP contribution in [0.15, 0.2) is 291 Å². The van der Waals surface area contributed by atoms with Crippen molar-refractivity contribution in [3.63, 3.8) is 0 Å². The number of allylic oxidation sites excluding steroid dienone is 4. The quantitative estimate of drug-likeness (QED) is 0.0796. The molecule has 484 valence electrons. The molecule has 94 heavy (non-hydrogen) atoms. The van der Waals surface area contributed by atoms with Crippen LogP contribution in [0.3, 0.4) is 0 Å². The minimum absolute atomic E-state index is 0. The number of carbonyl (C=O) groups excluding carboxylic acids is 2. The molecule has 3 aromatic heterocycles. The molecular weight excluding hydrogens is 1870 g/mol. The molecule has 0 unspecified atom stereocenters. The second kappa shape index (κ2) is 42.6. The Labute approximate surface area is 609 Å². The fourth-order valence-corrected chi connectivity index (χ4v) is 9.29. The summed E-state index contributed by atoms with van der Waals surface area (Å²) in [4.78, 5) is 33.6. The molecule has 0 atom stereocenters. The number of aliphatic hydroxyl groups excluding tert-OH is 2. The van der Waals surface area contributed by atoms with Gasteiger partial charge in [0.25, 0.3) is 0 Å². The van der Waals surface area contributed by atoms with Crippen LogP contribution >= 0.6 is 0 Å². The second-order valence-corrected chi connectivity index (χ2v) is 21.2. The van der Waals surface area contributed by atoms with E-state index in [-0.39, 0.29) is 104 Å². The Morgan fingerprint density at radius 1 is 0.309 bits per heavy atom. The molecule has 12 aromatic rings. The molecule has 12 rings (SSSR count). The van der Waals surface area contributed by atoms with E-state index in [0.29, 0.717) is 0 Å². The van der Waals surface area contributed by atoms with E-state index in [1.54, 1.807) is 0 Å². The van der Waals surface area contributed by atoms with E-state index < -0.39 is 0 Å². The molecule has 0 bridgehead atoms. The van der Waals surface area contributed by atoms with Gasteiger partial charge in [-0.3, -0.25) is 9.59 Å². The third-order valence-corrected chi connectivity index (χ3v) is 13.2. The van der Waals surface area contributed by atoms with Gasteiger partial charge >= 0.3 is 0 Å². The Bertz CT molecular complexity index is 3760. The predicted octanol–water partition coefficient (Wildman–Crippen LogP) is 20.6. The van der Waals surface area contributed by atoms with Gasteiger partial charge in [0.2, 0.25) is 0 Å². The number of pyridine rings is 3. The second-order valence-electron chi connectivity index (χ2n) is 21.2. The summed E-state index contributed by atoms with van der Waals surface area (Å²) in [7, 11) is 0. The van der Waals surface area contributed by atoms with Crippen molar-refractivity contribution < 1.29 is 100 Å². The van der Waals surface area contributed by atoms with Gasteiger partial charge in [-0.25, -0.2) is 11.1 Å². The van der Waals surface area contributed by atoms with Gasteiger partial charge in [0.1, 0.15) is 0 Å². The van der Waals surface area contributed by atoms with Gasteiger partial charge in [-0.15, -0.1) is 131 Å². The number of aliphatic hydroxyl groups is 2. The van der Waals surface area contributed by atoms with Crippen LogP contribution in [0.5, 0.6) is 0 Å². The molecule has 0 spiro atoms. The summed E-state index contributed by atoms with van der Waals surface area (Å²) in [6.07, 6.45) is 8.08. The molecule has 0 amide bonds. The van der Waals surface area contributed by atoms with Crippen LogP contribution in [0, 0.1) is 58.0 Å². The largest absolute Gasteiger partial charge is 0.512 e. The van der Waals surface area contributed by atoms with E-state index in [0.717, 1.165) is 61.6 Å². The molecule has 2 N–H and O–H groups in total. The standard InChI is InChI=1S/C20H16.C19H16N.2C17H12N.2C5H8O2.4Ir/c1-15-12-16(2)14-20(13-15)19-10-8-18(9-11-19)17-6-4-3-5-7-17;1-14-10-15(2)12-18(11-14)17-8-9-19(20-13-17)16-6-4-3-5-7-16;2*1-3-7-14(8-4-1)16-11-12-17(18-13-16)15-9-5-2-6-10-15;2*1-4(6)3-5(2)7;;;;/h3-6,8,10-14H,1-2H3;3-6,8-13H,1-2H3;2*1-9,11-13H;2*3,6H,1-2H3;;;;/q-2;3*-1;;;;;;. The van der Waals surface area contributed by atoms with E-state index in [1.807, 2.05) is 158 Å². The monoisotopic (exact) mass is 1950 g/mol. The molecule has 0 saturated heterocycles. The Kier molecular flexibility index (Phi) is 36.1. The van der Waals surface area contributed by atoms with Crippen molar-refractivity contribution >= 4 is 11.6 Å². The first-order valence-corrected chi connectivity index (χ1v) is 29.4. The van der Waals surface area contributed by atoms with Crippen molar-refractivity contribution in [2.24, 2.45) is 0 Å². The number of aromatic nitrogens is 3. The van der Waals surface area contributed by atoms with Gasteiger partial charge in [-0.05, 0) is 106 Å². The molecule has 0 saturated carbocycles. The van der Waals surface area contributed by atoms with Crippen LogP contribution in [0.1, 0.15) is 49.9 Å². The molecule has 0 aliphatic carbocycles. The van der Waals surface area contributed by atoms with Crippen molar-refractivity contribution in [3.05, 3.63) is 344 Å². The number of aryl methyl sites for hydroxylation is 4. The molecule has 11 heteroatoms. The molecule has 0 fully saturated rings. The number of hydrogen-bond acceptors (Lipinski definition) is 7. The van der Waals surface area contributed by atoms with Gasteiger partial charge in [0.05, 0.1) is 11.5 Å². The van der Waals surface area contributed by atoms with Crippen LogP contribution in [0.2, 0.25) is 0 Å². The summed E-state index contributed by atoms with van der Waals surface area (Å²) in [6, 6.07) is 100. The smallest absolute Gasteiger partial charge is 0.155 e. The average molecular weight is 1940 g/mol. The zero-order chi connectivity index (χ0) is 64.0. The van der Waals surface area contributed by atoms with E-state index in [1.165, 1.54) is 89.9 Å². The van der Waals surface area contributed by atoms with Crippen molar-refractivity contribution in [2.75, 3.05) is 0 Å². The van der Waals surface area contributed by atoms with Gasteiger partial charge < -0.3 is 25.2 Å². The topological polar surface area (TPSA) is 113 Å². The maximum atomic E-state index is 10.0. The van der Waals surface area contributed by atoms with Crippen molar-refractivity contribution in [3.8, 4) is 89.4 Å². The zero-order valence-electron chi connectivity index (χ0n) is 53.4. The van der Waals surface area contributed by atoms with Crippen molar-refractivity contribution in [2.45, 2.75) is 55.4 Å². The Morgan fingerprint density at radius 3 is 0.851 bits per heavy atom. The van der Waals surface area contributed by atoms with Gasteiger partial charge in [-0.2, -0.15) is 36.4 Å². The van der Waals surface area contributed by atoms with Crippen LogP contribution < -0.4 is 0 Å². The summed E-state index contributed by atoms with van der Waals surface area (Å²) in [5, 5.41) is 16.7. The zero-order valence-corrected chi connectivity index (χ0v) is 63.0. The van der Waals surface area contributed by atoms with Crippen LogP contribution in [-0.4, -0.2) is 36.7 Å². The summed E-state index contributed by atoms with van der Waals surface area (Å²) in [5.41, 5.74) is 22.7. The van der Waals surface area contributed by atoms with Crippen molar-refractivity contribution in [1.29, 1.82) is 0 Å². The molecule has 4 radical (unpaired) electrons. The first-order chi connectivity index (χ1) is 43.6. The SMILES string of the molecule is CC(=O)C=C(C)O.CC(=O)C=C(C)O.Cc1cc(C)cc(-c2c[c-]c(-c3[c-]cccc3)cc2)c1.Cc1cc(C)cc(-c2ccc(-c3[c-]cccc3)nc2)c1.[Ir].[Ir].[Ir].[Ir].[c-]1ccccc1-c1ccc(-c2ccccc2)cn1.[c-]1ccccc1-c1ccc(-c2ccccc2)cn1. The summed E-state index contributed by atoms with van der Waals surface area (Å²) >= 11 is 0. The maximum absolute atomic E-state index is 10.0. The average Bonchev–Trinajstić information content (AvgIpc) is 0.967. The fourth-order valence-electron chi connectivity index (χ4n) is 9.29. The first-order valence-electron chi connectivity index (χ1n) is 29.4. The van der Waals surface area contributed by atoms with E-state index >= 15 is 0 Å². The Balaban J connectivity index is 0.000000302. The summed E-state index contributed by atoms with van der Waals surface area (Å²) in [5.74, 6) is -0.125. The van der Waals surface area contributed by atoms with Gasteiger partial charge in [0.15, 0.2) is 11.6 Å². The number of rotatable bonds is 10. The molecular formula is C83H72Ir4N3O4-5. The molecule has 0 aliphatic heterocycles. The van der Waals surface area contributed by atoms with Crippen LogP contribution in [-0.2, 0) is 90.0 Å². The van der Waals surface area contributed by atoms with E-state index in [2.05, 4.69) is 182 Å². The summed E-state index contributed by atoms with van der Waals surface area (Å²) in [6.45, 7) is 14.2. The predicted molar refractivity (Wildman–Crippen MR) is 370 cm³/mol. The van der Waals surface area contributed by atoms with Crippen molar-refractivity contribution in [1.82, 2.24) is 15.0 Å². The van der Waals surface area contributed by atoms with Crippen LogP contribution in [0.4, 0.5) is 0 Å². The molecule has 3 heterocycles. The fraction of sp³-hybridized carbons (Fsp3) is 0.0964. The number of hydrogen-bond donors (Lipinski definition) is 2. The number of benzene rings is 9. The van der Waals surface area contributed by atoms with E-state index in [9.17, 15) is 9.59 Å². The normalized spacial score (nSPS) is 10.1. The summed E-state index contributed by atoms with van der Waals surface area (Å²) < 4.78 is 0. The van der Waals surface area contributed by atoms with E-state index in [4.69, 9.17) is 10.2 Å².